The number of amides is 1. The third kappa shape index (κ3) is 6.49. The van der Waals surface area contributed by atoms with Crippen molar-refractivity contribution in [2.45, 2.75) is 124 Å². The average Bonchev–Trinajstić information content (AvgIpc) is 2.88. The Morgan fingerprint density at radius 3 is 2.59 bits per heavy atom. The second-order valence-electron chi connectivity index (χ2n) is 13.3. The van der Waals surface area contributed by atoms with Gasteiger partial charge in [0.15, 0.2) is 0 Å². The molecule has 0 spiro atoms. The number of carbonyl (C=O) groups excluding carboxylic acids is 1. The van der Waals surface area contributed by atoms with Gasteiger partial charge in [0.1, 0.15) is 0 Å². The van der Waals surface area contributed by atoms with Crippen molar-refractivity contribution in [2.24, 2.45) is 28.6 Å². The Morgan fingerprint density at radius 1 is 1.03 bits per heavy atom. The maximum Gasteiger partial charge on any atom is 0.220 e. The summed E-state index contributed by atoms with van der Waals surface area (Å²) in [7, 11) is 0. The van der Waals surface area contributed by atoms with Gasteiger partial charge in [-0.1, -0.05) is 57.2 Å². The molecule has 1 aromatic heterocycles. The molecule has 37 heavy (non-hydrogen) atoms. The molecule has 4 rings (SSSR count). The van der Waals surface area contributed by atoms with Crippen molar-refractivity contribution in [2.75, 3.05) is 6.54 Å². The summed E-state index contributed by atoms with van der Waals surface area (Å²) >= 11 is 0. The molecule has 0 bridgehead atoms. The maximum atomic E-state index is 12.7. The van der Waals surface area contributed by atoms with E-state index < -0.39 is 0 Å². The Balaban J connectivity index is 1.18. The van der Waals surface area contributed by atoms with Gasteiger partial charge in [-0.15, -0.1) is 0 Å². The van der Waals surface area contributed by atoms with Crippen molar-refractivity contribution in [1.82, 2.24) is 10.3 Å². The smallest absolute Gasteiger partial charge is 0.220 e. The molecule has 0 unspecified atom stereocenters. The Kier molecular flexibility index (Phi) is 9.53. The molecule has 0 aromatic carbocycles. The first-order chi connectivity index (χ1) is 17.7. The molecule has 1 aromatic rings. The molecular weight excluding hydrogens is 456 g/mol. The van der Waals surface area contributed by atoms with Crippen LogP contribution in [0.4, 0.5) is 0 Å². The van der Waals surface area contributed by atoms with E-state index in [1.807, 2.05) is 12.3 Å². The molecule has 2 saturated carbocycles. The molecule has 0 saturated heterocycles. The summed E-state index contributed by atoms with van der Waals surface area (Å²) in [4.78, 5) is 17.1. The fourth-order valence-corrected chi connectivity index (χ4v) is 8.50. The number of nitrogens with one attached hydrogen (secondary N) is 1. The Morgan fingerprint density at radius 2 is 1.81 bits per heavy atom. The zero-order chi connectivity index (χ0) is 26.5. The lowest BCUT2D eigenvalue weighted by atomic mass is 9.43. The second kappa shape index (κ2) is 12.5. The normalized spacial score (nSPS) is 30.9. The summed E-state index contributed by atoms with van der Waals surface area (Å²) in [5, 5.41) is 14.0. The van der Waals surface area contributed by atoms with E-state index in [0.717, 1.165) is 38.6 Å². The number of aliphatic hydroxyl groups is 1. The van der Waals surface area contributed by atoms with E-state index >= 15 is 0 Å². The largest absolute Gasteiger partial charge is 0.393 e. The number of carbonyl (C=O) groups is 1. The number of rotatable bonds is 11. The number of nitrogens with zero attached hydrogens (tertiary/aromatic N) is 1. The van der Waals surface area contributed by atoms with Crippen molar-refractivity contribution >= 4 is 5.91 Å². The van der Waals surface area contributed by atoms with E-state index in [-0.39, 0.29) is 17.4 Å². The monoisotopic (exact) mass is 508 g/mol. The van der Waals surface area contributed by atoms with Crippen LogP contribution in [0.3, 0.4) is 0 Å². The number of aliphatic hydroxyl groups excluding tert-OH is 1. The second-order valence-corrected chi connectivity index (χ2v) is 13.3. The molecule has 0 radical (unpaired) electrons. The highest BCUT2D eigenvalue weighted by Crippen LogP contribution is 2.64. The average molecular weight is 509 g/mol. The summed E-state index contributed by atoms with van der Waals surface area (Å²) in [5.74, 6) is 2.17. The first-order valence-electron chi connectivity index (χ1n) is 15.3. The summed E-state index contributed by atoms with van der Waals surface area (Å²) < 4.78 is 0. The standard InChI is InChI=1S/C33H52N2O2/c1-24-14-17-28-27(15-18-29-32(2,3)30(36)20-21-33(28,29)4)26(24)16-19-31(37)35-23-10-7-5-6-8-12-25-13-9-11-22-34-25/h9,11,13,22,27-30,36H,5-8,10,12,14-21,23H2,1-4H3,(H,35,37)/t27-,28-,29-,30-,33+/m0/s1. The van der Waals surface area contributed by atoms with Crippen LogP contribution in [0, 0.1) is 28.6 Å². The van der Waals surface area contributed by atoms with Crippen LogP contribution in [0.2, 0.25) is 0 Å². The van der Waals surface area contributed by atoms with Crippen molar-refractivity contribution in [1.29, 1.82) is 0 Å². The quantitative estimate of drug-likeness (QED) is 0.242. The molecule has 1 heterocycles. The van der Waals surface area contributed by atoms with Gasteiger partial charge in [0.05, 0.1) is 6.10 Å². The molecule has 3 aliphatic carbocycles. The lowest BCUT2D eigenvalue weighted by Gasteiger charge is -2.62. The maximum absolute atomic E-state index is 12.7. The number of aryl methyl sites for hydroxylation is 1. The van der Waals surface area contributed by atoms with Crippen molar-refractivity contribution in [3.05, 3.63) is 41.2 Å². The van der Waals surface area contributed by atoms with Crippen molar-refractivity contribution in [3.63, 3.8) is 0 Å². The van der Waals surface area contributed by atoms with Crippen molar-refractivity contribution in [3.8, 4) is 0 Å². The van der Waals surface area contributed by atoms with E-state index in [1.54, 1.807) is 11.1 Å². The van der Waals surface area contributed by atoms with Crippen LogP contribution in [0.15, 0.2) is 35.5 Å². The van der Waals surface area contributed by atoms with Crippen LogP contribution in [0.1, 0.15) is 117 Å². The lowest BCUT2D eigenvalue weighted by molar-refractivity contribution is -0.149. The predicted molar refractivity (Wildman–Crippen MR) is 152 cm³/mol. The topological polar surface area (TPSA) is 62.2 Å². The van der Waals surface area contributed by atoms with E-state index in [2.05, 4.69) is 50.1 Å². The van der Waals surface area contributed by atoms with Crippen LogP contribution in [-0.2, 0) is 11.2 Å². The van der Waals surface area contributed by atoms with Crippen LogP contribution >= 0.6 is 0 Å². The molecule has 0 aliphatic heterocycles. The molecular formula is C33H52N2O2. The van der Waals surface area contributed by atoms with Gasteiger partial charge in [-0.2, -0.15) is 0 Å². The zero-order valence-electron chi connectivity index (χ0n) is 24.0. The van der Waals surface area contributed by atoms with Gasteiger partial charge in [-0.05, 0) is 112 Å². The summed E-state index contributed by atoms with van der Waals surface area (Å²) in [6.07, 6.45) is 17.2. The molecule has 2 N–H and O–H groups in total. The SMILES string of the molecule is CC1=C(CCC(=O)NCCCCCCCc2ccccn2)[C@@H]2CC[C@H]3C(C)(C)[C@@H](O)CC[C@]3(C)[C@H]2CC1. The van der Waals surface area contributed by atoms with Gasteiger partial charge in [-0.25, -0.2) is 0 Å². The van der Waals surface area contributed by atoms with Gasteiger partial charge in [0.25, 0.3) is 0 Å². The lowest BCUT2D eigenvalue weighted by Crippen LogP contribution is -2.56. The van der Waals surface area contributed by atoms with E-state index in [0.29, 0.717) is 29.6 Å². The van der Waals surface area contributed by atoms with E-state index in [9.17, 15) is 9.90 Å². The van der Waals surface area contributed by atoms with Crippen LogP contribution in [0.5, 0.6) is 0 Å². The number of pyridine rings is 1. The van der Waals surface area contributed by atoms with Gasteiger partial charge in [0, 0.05) is 24.9 Å². The molecule has 2 fully saturated rings. The van der Waals surface area contributed by atoms with Gasteiger partial charge in [-0.3, -0.25) is 9.78 Å². The summed E-state index contributed by atoms with van der Waals surface area (Å²) in [5.41, 5.74) is 4.66. The highest BCUT2D eigenvalue weighted by atomic mass is 16.3. The zero-order valence-corrected chi connectivity index (χ0v) is 24.0. The fraction of sp³-hybridized carbons (Fsp3) is 0.758. The highest BCUT2D eigenvalue weighted by molar-refractivity contribution is 5.76. The molecule has 206 valence electrons. The van der Waals surface area contributed by atoms with E-state index in [4.69, 9.17) is 0 Å². The van der Waals surface area contributed by atoms with Crippen molar-refractivity contribution < 1.29 is 9.90 Å². The molecule has 4 heteroatoms. The Hall–Kier alpha value is -1.68. The third-order valence-electron chi connectivity index (χ3n) is 10.7. The number of hydrogen-bond donors (Lipinski definition) is 2. The predicted octanol–water partition coefficient (Wildman–Crippen LogP) is 7.41. The Bertz CT molecular complexity index is 924. The van der Waals surface area contributed by atoms with Crippen LogP contribution in [0.25, 0.3) is 0 Å². The fourth-order valence-electron chi connectivity index (χ4n) is 8.50. The summed E-state index contributed by atoms with van der Waals surface area (Å²) in [6.45, 7) is 10.3. The molecule has 3 aliphatic rings. The van der Waals surface area contributed by atoms with Gasteiger partial charge >= 0.3 is 0 Å². The first-order valence-corrected chi connectivity index (χ1v) is 15.3. The first kappa shape index (κ1) is 28.3. The molecule has 5 atom stereocenters. The number of allylic oxidation sites excluding steroid dienone is 2. The minimum absolute atomic E-state index is 0.00727. The summed E-state index contributed by atoms with van der Waals surface area (Å²) in [6, 6.07) is 6.13. The third-order valence-corrected chi connectivity index (χ3v) is 10.7. The van der Waals surface area contributed by atoms with Crippen LogP contribution < -0.4 is 5.32 Å². The number of hydrogen-bond acceptors (Lipinski definition) is 3. The minimum atomic E-state index is -0.169. The molecule has 4 nitrogen and oxygen atoms in total. The highest BCUT2D eigenvalue weighted by Gasteiger charge is 2.58. The number of unbranched alkanes of at least 4 members (excludes halogenated alkanes) is 4. The van der Waals surface area contributed by atoms with Gasteiger partial charge < -0.3 is 10.4 Å². The van der Waals surface area contributed by atoms with Crippen LogP contribution in [-0.4, -0.2) is 28.6 Å². The number of fused-ring (bicyclic) bond motifs is 3. The number of aromatic nitrogens is 1. The molecule has 1 amide bonds. The van der Waals surface area contributed by atoms with E-state index in [1.165, 1.54) is 57.1 Å². The van der Waals surface area contributed by atoms with Gasteiger partial charge in [0.2, 0.25) is 5.91 Å². The minimum Gasteiger partial charge on any atom is -0.393 e. The Labute approximate surface area is 226 Å².